The van der Waals surface area contributed by atoms with Crippen molar-refractivity contribution in [2.45, 2.75) is 103 Å². The average Bonchev–Trinajstić information content (AvgIpc) is 2.43. The highest BCUT2D eigenvalue weighted by molar-refractivity contribution is 7.64. The lowest BCUT2D eigenvalue weighted by Gasteiger charge is -2.02. The summed E-state index contributed by atoms with van der Waals surface area (Å²) in [5, 5.41) is 1.78. The Hall–Kier alpha value is -0.110. The number of rotatable bonds is 15. The number of hydrogen-bond acceptors (Lipinski definition) is 1. The van der Waals surface area contributed by atoms with Crippen molar-refractivity contribution in [1.82, 2.24) is 0 Å². The van der Waals surface area contributed by atoms with Crippen LogP contribution in [0.4, 0.5) is 0 Å². The highest BCUT2D eigenvalue weighted by atomic mass is 32.1. The second-order valence-electron chi connectivity index (χ2n) is 5.65. The molecule has 0 N–H and O–H groups in total. The first-order valence-electron chi connectivity index (χ1n) is 8.52. The minimum Gasteiger partial charge on any atom is -0.213 e. The van der Waals surface area contributed by atoms with Crippen LogP contribution in [-0.2, 0) is 11.3 Å². The number of hydrogen-bond donors (Lipinski definition) is 0. The van der Waals surface area contributed by atoms with Crippen molar-refractivity contribution in [3.8, 4) is 0 Å². The predicted octanol–water partition coefficient (Wildman–Crippen LogP) is 5.87. The summed E-state index contributed by atoms with van der Waals surface area (Å²) in [6, 6.07) is 0. The molecular formula is C17H34OS. The van der Waals surface area contributed by atoms with Gasteiger partial charge in [0.2, 0.25) is 0 Å². The summed E-state index contributed by atoms with van der Waals surface area (Å²) in [5.41, 5.74) is 0. The van der Waals surface area contributed by atoms with Crippen LogP contribution in [0.2, 0.25) is 0 Å². The maximum absolute atomic E-state index is 10.1. The molecule has 0 bridgehead atoms. The summed E-state index contributed by atoms with van der Waals surface area (Å²) >= 11 is 0.612. The fraction of sp³-hybridized carbons (Fsp3) is 0.941. The topological polar surface area (TPSA) is 17.1 Å². The molecule has 0 radical (unpaired) electrons. The normalized spacial score (nSPS) is 10.6. The number of unbranched alkanes of at least 4 members (excludes halogenated alkanes) is 14. The van der Waals surface area contributed by atoms with Gasteiger partial charge in [-0.05, 0) is 12.8 Å². The molecule has 0 aromatic carbocycles. The summed E-state index contributed by atoms with van der Waals surface area (Å²) in [4.78, 5) is 0. The fourth-order valence-electron chi connectivity index (χ4n) is 2.47. The van der Waals surface area contributed by atoms with Crippen molar-refractivity contribution in [2.24, 2.45) is 0 Å². The van der Waals surface area contributed by atoms with Gasteiger partial charge in [-0.3, -0.25) is 0 Å². The van der Waals surface area contributed by atoms with Gasteiger partial charge >= 0.3 is 0 Å². The van der Waals surface area contributed by atoms with Gasteiger partial charge in [0.15, 0.2) is 0 Å². The zero-order chi connectivity index (χ0) is 14.0. The molecule has 2 heteroatoms. The highest BCUT2D eigenvalue weighted by Gasteiger charge is 1.93. The Balaban J connectivity index is 2.93. The van der Waals surface area contributed by atoms with E-state index in [0.29, 0.717) is 11.3 Å². The van der Waals surface area contributed by atoms with Crippen LogP contribution in [0.1, 0.15) is 103 Å². The Kier molecular flexibility index (Phi) is 17.8. The van der Waals surface area contributed by atoms with E-state index in [9.17, 15) is 4.21 Å². The van der Waals surface area contributed by atoms with E-state index in [2.05, 4.69) is 6.92 Å². The first-order chi connectivity index (χ1) is 9.41. The second-order valence-corrected chi connectivity index (χ2v) is 6.17. The lowest BCUT2D eigenvalue weighted by atomic mass is 10.0. The molecule has 0 spiro atoms. The first-order valence-corrected chi connectivity index (χ1v) is 9.32. The van der Waals surface area contributed by atoms with Crippen LogP contribution in [0.3, 0.4) is 0 Å². The Morgan fingerprint density at radius 3 is 1.37 bits per heavy atom. The fourth-order valence-corrected chi connectivity index (χ4v) is 2.73. The molecule has 0 heterocycles. The van der Waals surface area contributed by atoms with Crippen molar-refractivity contribution >= 4 is 16.6 Å². The van der Waals surface area contributed by atoms with Crippen molar-refractivity contribution in [3.63, 3.8) is 0 Å². The SMILES string of the molecule is CCCCCCCCCCCCCCCCC=S=O. The average molecular weight is 287 g/mol. The highest BCUT2D eigenvalue weighted by Crippen LogP contribution is 2.13. The van der Waals surface area contributed by atoms with E-state index in [1.165, 1.54) is 89.9 Å². The zero-order valence-corrected chi connectivity index (χ0v) is 13.8. The van der Waals surface area contributed by atoms with Crippen LogP contribution in [0.5, 0.6) is 0 Å². The van der Waals surface area contributed by atoms with Crippen molar-refractivity contribution in [1.29, 1.82) is 0 Å². The van der Waals surface area contributed by atoms with Crippen LogP contribution >= 0.6 is 0 Å². The lowest BCUT2D eigenvalue weighted by molar-refractivity contribution is 0.537. The largest absolute Gasteiger partial charge is 0.213 e. The van der Waals surface area contributed by atoms with E-state index >= 15 is 0 Å². The summed E-state index contributed by atoms with van der Waals surface area (Å²) < 4.78 is 10.1. The summed E-state index contributed by atoms with van der Waals surface area (Å²) in [5.74, 6) is 0. The molecule has 0 atom stereocenters. The van der Waals surface area contributed by atoms with Gasteiger partial charge in [-0.1, -0.05) is 90.4 Å². The molecule has 0 aromatic rings. The Morgan fingerprint density at radius 2 is 1.00 bits per heavy atom. The van der Waals surface area contributed by atoms with Crippen LogP contribution in [0, 0.1) is 0 Å². The first kappa shape index (κ1) is 18.9. The smallest absolute Gasteiger partial charge is 0.0841 e. The minimum absolute atomic E-state index is 0.612. The van der Waals surface area contributed by atoms with E-state index < -0.39 is 0 Å². The van der Waals surface area contributed by atoms with Crippen LogP contribution in [0.25, 0.3) is 0 Å². The summed E-state index contributed by atoms with van der Waals surface area (Å²) in [6.07, 6.45) is 20.5. The van der Waals surface area contributed by atoms with Crippen molar-refractivity contribution < 1.29 is 4.21 Å². The molecule has 0 amide bonds. The molecular weight excluding hydrogens is 252 g/mol. The molecule has 1 nitrogen and oxygen atoms in total. The Bertz CT molecular complexity index is 209. The standard InChI is InChI=1S/C17H34OS/c1-2-3-4-5-6-7-8-9-10-11-12-13-14-15-16-17-19-18/h17H,2-16H2,1H3. The predicted molar refractivity (Wildman–Crippen MR) is 89.1 cm³/mol. The van der Waals surface area contributed by atoms with Gasteiger partial charge in [-0.15, -0.1) is 0 Å². The Morgan fingerprint density at radius 1 is 0.632 bits per heavy atom. The van der Waals surface area contributed by atoms with E-state index in [-0.39, 0.29) is 0 Å². The monoisotopic (exact) mass is 286 g/mol. The van der Waals surface area contributed by atoms with Gasteiger partial charge in [0, 0.05) is 5.37 Å². The van der Waals surface area contributed by atoms with E-state index in [1.54, 1.807) is 5.37 Å². The van der Waals surface area contributed by atoms with E-state index in [1.807, 2.05) is 0 Å². The maximum atomic E-state index is 10.1. The van der Waals surface area contributed by atoms with E-state index in [4.69, 9.17) is 0 Å². The van der Waals surface area contributed by atoms with Gasteiger partial charge in [-0.2, -0.15) is 0 Å². The molecule has 0 saturated carbocycles. The van der Waals surface area contributed by atoms with Crippen LogP contribution in [-0.4, -0.2) is 9.58 Å². The molecule has 0 aromatic heterocycles. The van der Waals surface area contributed by atoms with Crippen molar-refractivity contribution in [3.05, 3.63) is 0 Å². The molecule has 19 heavy (non-hydrogen) atoms. The summed E-state index contributed by atoms with van der Waals surface area (Å²) in [7, 11) is 0. The molecule has 0 unspecified atom stereocenters. The second kappa shape index (κ2) is 17.9. The van der Waals surface area contributed by atoms with Crippen molar-refractivity contribution in [2.75, 3.05) is 0 Å². The molecule has 0 aliphatic carbocycles. The third-order valence-electron chi connectivity index (χ3n) is 3.74. The third kappa shape index (κ3) is 17.9. The Labute approximate surface area is 124 Å². The van der Waals surface area contributed by atoms with E-state index in [0.717, 1.165) is 6.42 Å². The van der Waals surface area contributed by atoms with Gasteiger partial charge in [0.1, 0.15) is 0 Å². The maximum Gasteiger partial charge on any atom is 0.0841 e. The molecule has 0 rings (SSSR count). The lowest BCUT2D eigenvalue weighted by Crippen LogP contribution is -1.83. The van der Waals surface area contributed by atoms with Gasteiger partial charge in [0.25, 0.3) is 0 Å². The minimum atomic E-state index is 0.612. The molecule has 0 aliphatic rings. The summed E-state index contributed by atoms with van der Waals surface area (Å²) in [6.45, 7) is 2.28. The molecule has 114 valence electrons. The third-order valence-corrected chi connectivity index (χ3v) is 4.12. The molecule has 0 fully saturated rings. The van der Waals surface area contributed by atoms with Crippen LogP contribution in [0.15, 0.2) is 0 Å². The van der Waals surface area contributed by atoms with Gasteiger partial charge < -0.3 is 0 Å². The van der Waals surface area contributed by atoms with Gasteiger partial charge in [0.05, 0.1) is 11.3 Å². The van der Waals surface area contributed by atoms with Gasteiger partial charge in [-0.25, -0.2) is 4.21 Å². The zero-order valence-electron chi connectivity index (χ0n) is 13.0. The molecule has 0 saturated heterocycles. The van der Waals surface area contributed by atoms with Crippen LogP contribution < -0.4 is 0 Å². The molecule has 0 aliphatic heterocycles. The quantitative estimate of drug-likeness (QED) is 0.272.